The first kappa shape index (κ1) is 19.5. The number of urea groups is 1. The number of amides is 2. The number of anilines is 2. The molecule has 0 aromatic heterocycles. The molecule has 2 amide bonds. The van der Waals surface area contributed by atoms with Crippen molar-refractivity contribution in [2.75, 3.05) is 63.8 Å². The molecule has 1 aliphatic rings. The van der Waals surface area contributed by atoms with E-state index in [9.17, 15) is 4.79 Å². The van der Waals surface area contributed by atoms with Gasteiger partial charge in [-0.15, -0.1) is 0 Å². The zero-order valence-corrected chi connectivity index (χ0v) is 15.5. The summed E-state index contributed by atoms with van der Waals surface area (Å²) in [7, 11) is 3.31. The highest BCUT2D eigenvalue weighted by Crippen LogP contribution is 2.22. The average Bonchev–Trinajstić information content (AvgIpc) is 2.66. The fourth-order valence-corrected chi connectivity index (χ4v) is 3.03. The molecule has 0 aliphatic carbocycles. The van der Waals surface area contributed by atoms with Crippen LogP contribution >= 0.6 is 0 Å². The van der Waals surface area contributed by atoms with E-state index in [-0.39, 0.29) is 6.03 Å². The highest BCUT2D eigenvalue weighted by Gasteiger charge is 2.14. The Hall–Kier alpha value is -1.79. The minimum atomic E-state index is -0.0983. The van der Waals surface area contributed by atoms with Crippen molar-refractivity contribution in [3.63, 3.8) is 0 Å². The molecule has 1 fully saturated rings. The van der Waals surface area contributed by atoms with Gasteiger partial charge in [0.2, 0.25) is 0 Å². The number of nitrogens with one attached hydrogen (secondary N) is 1. The summed E-state index contributed by atoms with van der Waals surface area (Å²) in [6.07, 6.45) is 4.65. The molecule has 1 aliphatic heterocycles. The van der Waals surface area contributed by atoms with Crippen LogP contribution in [0.1, 0.15) is 25.7 Å². The smallest absolute Gasteiger partial charge is 0.321 e. The second-order valence-corrected chi connectivity index (χ2v) is 6.35. The van der Waals surface area contributed by atoms with E-state index in [2.05, 4.69) is 22.3 Å². The molecular formula is C19H31N3O3. The summed E-state index contributed by atoms with van der Waals surface area (Å²) in [4.78, 5) is 16.7. The standard InChI is InChI=1S/C19H31N3O3/c1-24-15-6-13-22(14-16-25-2)19(23)20-17-7-9-18(10-8-17)21-11-4-3-5-12-21/h7-10H,3-6,11-16H2,1-2H3,(H,20,23). The highest BCUT2D eigenvalue weighted by atomic mass is 16.5. The number of benzene rings is 1. The van der Waals surface area contributed by atoms with E-state index in [4.69, 9.17) is 9.47 Å². The summed E-state index contributed by atoms with van der Waals surface area (Å²) in [5, 5.41) is 2.98. The molecule has 0 atom stereocenters. The lowest BCUT2D eigenvalue weighted by atomic mass is 10.1. The first-order valence-corrected chi connectivity index (χ1v) is 9.13. The normalized spacial score (nSPS) is 14.4. The third kappa shape index (κ3) is 6.55. The van der Waals surface area contributed by atoms with Crippen LogP contribution in [0.5, 0.6) is 0 Å². The van der Waals surface area contributed by atoms with Crippen molar-refractivity contribution in [2.24, 2.45) is 0 Å². The number of carbonyl (C=O) groups excluding carboxylic acids is 1. The molecule has 6 nitrogen and oxygen atoms in total. The molecule has 2 rings (SSSR count). The van der Waals surface area contributed by atoms with Crippen LogP contribution in [0.2, 0.25) is 0 Å². The summed E-state index contributed by atoms with van der Waals surface area (Å²) in [6, 6.07) is 8.03. The number of hydrogen-bond donors (Lipinski definition) is 1. The zero-order chi connectivity index (χ0) is 17.9. The Kier molecular flexibility index (Phi) is 8.55. The Morgan fingerprint density at radius 2 is 1.72 bits per heavy atom. The van der Waals surface area contributed by atoms with Gasteiger partial charge >= 0.3 is 6.03 Å². The molecule has 0 bridgehead atoms. The van der Waals surface area contributed by atoms with E-state index in [0.29, 0.717) is 26.3 Å². The summed E-state index contributed by atoms with van der Waals surface area (Å²) in [6.45, 7) is 4.62. The monoisotopic (exact) mass is 349 g/mol. The molecule has 140 valence electrons. The number of nitrogens with zero attached hydrogens (tertiary/aromatic N) is 2. The lowest BCUT2D eigenvalue weighted by Crippen LogP contribution is -2.38. The second kappa shape index (κ2) is 10.9. The van der Waals surface area contributed by atoms with Crippen LogP contribution in [0.4, 0.5) is 16.2 Å². The summed E-state index contributed by atoms with van der Waals surface area (Å²) in [5.74, 6) is 0. The zero-order valence-electron chi connectivity index (χ0n) is 15.5. The summed E-state index contributed by atoms with van der Waals surface area (Å²) >= 11 is 0. The molecule has 1 heterocycles. The minimum absolute atomic E-state index is 0.0983. The van der Waals surface area contributed by atoms with Gasteiger partial charge in [-0.3, -0.25) is 0 Å². The van der Waals surface area contributed by atoms with Gasteiger partial charge in [0.05, 0.1) is 6.61 Å². The van der Waals surface area contributed by atoms with Gasteiger partial charge in [0.25, 0.3) is 0 Å². The number of methoxy groups -OCH3 is 2. The van der Waals surface area contributed by atoms with E-state index in [1.807, 2.05) is 12.1 Å². The highest BCUT2D eigenvalue weighted by molar-refractivity contribution is 5.89. The van der Waals surface area contributed by atoms with Gasteiger partial charge in [0.15, 0.2) is 0 Å². The lowest BCUT2D eigenvalue weighted by molar-refractivity contribution is 0.143. The van der Waals surface area contributed by atoms with E-state index in [1.165, 1.54) is 24.9 Å². The maximum absolute atomic E-state index is 12.5. The molecular weight excluding hydrogens is 318 g/mol. The molecule has 6 heteroatoms. The van der Waals surface area contributed by atoms with Crippen LogP contribution in [-0.4, -0.2) is 64.5 Å². The van der Waals surface area contributed by atoms with Gasteiger partial charge in [-0.25, -0.2) is 4.79 Å². The van der Waals surface area contributed by atoms with Crippen molar-refractivity contribution in [3.05, 3.63) is 24.3 Å². The Labute approximate surface area is 151 Å². The number of ether oxygens (including phenoxy) is 2. The van der Waals surface area contributed by atoms with Gasteiger partial charge in [0, 0.05) is 58.4 Å². The molecule has 0 saturated carbocycles. The molecule has 1 N–H and O–H groups in total. The Bertz CT molecular complexity index is 501. The molecule has 1 aromatic rings. The van der Waals surface area contributed by atoms with Crippen molar-refractivity contribution >= 4 is 17.4 Å². The number of carbonyl (C=O) groups is 1. The van der Waals surface area contributed by atoms with Crippen molar-refractivity contribution in [3.8, 4) is 0 Å². The maximum atomic E-state index is 12.5. The predicted octanol–water partition coefficient (Wildman–Crippen LogP) is 3.19. The van der Waals surface area contributed by atoms with Crippen LogP contribution < -0.4 is 10.2 Å². The van der Waals surface area contributed by atoms with Crippen molar-refractivity contribution in [1.82, 2.24) is 4.90 Å². The Morgan fingerprint density at radius 3 is 2.36 bits per heavy atom. The van der Waals surface area contributed by atoms with E-state index < -0.39 is 0 Å². The molecule has 0 radical (unpaired) electrons. The van der Waals surface area contributed by atoms with Crippen LogP contribution in [0.3, 0.4) is 0 Å². The Morgan fingerprint density at radius 1 is 1.04 bits per heavy atom. The third-order valence-electron chi connectivity index (χ3n) is 4.47. The number of hydrogen-bond acceptors (Lipinski definition) is 4. The fraction of sp³-hybridized carbons (Fsp3) is 0.632. The molecule has 0 spiro atoms. The van der Waals surface area contributed by atoms with Crippen molar-refractivity contribution in [2.45, 2.75) is 25.7 Å². The van der Waals surface area contributed by atoms with Crippen molar-refractivity contribution < 1.29 is 14.3 Å². The molecule has 1 saturated heterocycles. The molecule has 1 aromatic carbocycles. The summed E-state index contributed by atoms with van der Waals surface area (Å²) in [5.41, 5.74) is 2.05. The van der Waals surface area contributed by atoms with Crippen LogP contribution in [0.15, 0.2) is 24.3 Å². The minimum Gasteiger partial charge on any atom is -0.385 e. The van der Waals surface area contributed by atoms with Gasteiger partial charge in [0.1, 0.15) is 0 Å². The van der Waals surface area contributed by atoms with Crippen molar-refractivity contribution in [1.29, 1.82) is 0 Å². The number of rotatable bonds is 9. The molecule has 0 unspecified atom stereocenters. The first-order chi connectivity index (χ1) is 12.2. The number of piperidine rings is 1. The second-order valence-electron chi connectivity index (χ2n) is 6.35. The van der Waals surface area contributed by atoms with E-state index in [1.54, 1.807) is 19.1 Å². The topological polar surface area (TPSA) is 54.0 Å². The molecule has 25 heavy (non-hydrogen) atoms. The van der Waals surface area contributed by atoms with Gasteiger partial charge in [-0.2, -0.15) is 0 Å². The third-order valence-corrected chi connectivity index (χ3v) is 4.47. The fourth-order valence-electron chi connectivity index (χ4n) is 3.03. The van der Waals surface area contributed by atoms with Gasteiger partial charge in [-0.1, -0.05) is 0 Å². The Balaban J connectivity index is 1.89. The van der Waals surface area contributed by atoms with E-state index >= 15 is 0 Å². The summed E-state index contributed by atoms with van der Waals surface area (Å²) < 4.78 is 10.2. The maximum Gasteiger partial charge on any atom is 0.321 e. The SMILES string of the molecule is COCCCN(CCOC)C(=O)Nc1ccc(N2CCCCC2)cc1. The van der Waals surface area contributed by atoms with Crippen LogP contribution in [0.25, 0.3) is 0 Å². The average molecular weight is 349 g/mol. The largest absolute Gasteiger partial charge is 0.385 e. The van der Waals surface area contributed by atoms with Gasteiger partial charge < -0.3 is 24.6 Å². The first-order valence-electron chi connectivity index (χ1n) is 9.13. The lowest BCUT2D eigenvalue weighted by Gasteiger charge is -2.29. The van der Waals surface area contributed by atoms with E-state index in [0.717, 1.165) is 25.2 Å². The predicted molar refractivity (Wildman–Crippen MR) is 101 cm³/mol. The van der Waals surface area contributed by atoms with Crippen LogP contribution in [-0.2, 0) is 9.47 Å². The quantitative estimate of drug-likeness (QED) is 0.696. The van der Waals surface area contributed by atoms with Crippen LogP contribution in [0, 0.1) is 0 Å². The van der Waals surface area contributed by atoms with Gasteiger partial charge in [-0.05, 0) is 49.9 Å².